The third-order valence-electron chi connectivity index (χ3n) is 3.14. The van der Waals surface area contributed by atoms with Crippen molar-refractivity contribution < 1.29 is 9.53 Å². The van der Waals surface area contributed by atoms with Crippen LogP contribution in [-0.2, 0) is 9.53 Å². The van der Waals surface area contributed by atoms with Crippen molar-refractivity contribution >= 4 is 5.97 Å². The van der Waals surface area contributed by atoms with Crippen molar-refractivity contribution in [2.24, 2.45) is 17.8 Å². The van der Waals surface area contributed by atoms with E-state index in [0.717, 1.165) is 19.5 Å². The molecule has 0 aromatic carbocycles. The maximum Gasteiger partial charge on any atom is 0.309 e. The minimum atomic E-state index is -0.0535. The maximum atomic E-state index is 11.4. The molecule has 0 spiro atoms. The molecule has 1 aliphatic rings. The normalized spacial score (nSPS) is 29.2. The highest BCUT2D eigenvalue weighted by Crippen LogP contribution is 2.27. The highest BCUT2D eigenvalue weighted by molar-refractivity contribution is 5.72. The van der Waals surface area contributed by atoms with Crippen LogP contribution in [0.2, 0.25) is 0 Å². The summed E-state index contributed by atoms with van der Waals surface area (Å²) in [6, 6.07) is 0. The second-order valence-electron chi connectivity index (χ2n) is 4.68. The molecule has 0 aromatic heterocycles. The molecule has 3 nitrogen and oxygen atoms in total. The van der Waals surface area contributed by atoms with E-state index in [1.54, 1.807) is 0 Å². The molecule has 14 heavy (non-hydrogen) atoms. The van der Waals surface area contributed by atoms with E-state index in [-0.39, 0.29) is 11.9 Å². The quantitative estimate of drug-likeness (QED) is 0.629. The molecule has 0 bridgehead atoms. The Balaban J connectivity index is 2.58. The molecule has 1 rings (SSSR count). The molecule has 0 aromatic rings. The van der Waals surface area contributed by atoms with Crippen molar-refractivity contribution in [2.75, 3.05) is 27.2 Å². The largest absolute Gasteiger partial charge is 0.469 e. The topological polar surface area (TPSA) is 29.5 Å². The van der Waals surface area contributed by atoms with E-state index in [0.29, 0.717) is 11.8 Å². The lowest BCUT2D eigenvalue weighted by molar-refractivity contribution is -0.148. The Hall–Kier alpha value is -0.570. The number of ether oxygens (including phenoxy) is 1. The number of piperidine rings is 1. The van der Waals surface area contributed by atoms with E-state index in [1.807, 2.05) is 0 Å². The van der Waals surface area contributed by atoms with Crippen molar-refractivity contribution in [3.8, 4) is 0 Å². The van der Waals surface area contributed by atoms with Crippen LogP contribution in [0.5, 0.6) is 0 Å². The Morgan fingerprint density at radius 1 is 1.43 bits per heavy atom. The number of hydrogen-bond acceptors (Lipinski definition) is 3. The predicted octanol–water partition coefficient (Wildman–Crippen LogP) is 1.38. The number of nitrogens with zero attached hydrogens (tertiary/aromatic N) is 1. The monoisotopic (exact) mass is 199 g/mol. The number of carbonyl (C=O) groups excluding carboxylic acids is 1. The first-order chi connectivity index (χ1) is 6.54. The summed E-state index contributed by atoms with van der Waals surface area (Å²) in [5.41, 5.74) is 0. The summed E-state index contributed by atoms with van der Waals surface area (Å²) in [5.74, 6) is 1.29. The average molecular weight is 199 g/mol. The van der Waals surface area contributed by atoms with Crippen molar-refractivity contribution in [1.82, 2.24) is 4.90 Å². The summed E-state index contributed by atoms with van der Waals surface area (Å²) in [5, 5.41) is 0. The minimum absolute atomic E-state index is 0.0535. The molecule has 0 N–H and O–H groups in total. The van der Waals surface area contributed by atoms with Gasteiger partial charge in [-0.05, 0) is 25.3 Å². The molecule has 0 amide bonds. The lowest BCUT2D eigenvalue weighted by Gasteiger charge is -2.36. The summed E-state index contributed by atoms with van der Waals surface area (Å²) in [7, 11) is 3.55. The fraction of sp³-hybridized carbons (Fsp3) is 0.909. The third-order valence-corrected chi connectivity index (χ3v) is 3.14. The van der Waals surface area contributed by atoms with Crippen molar-refractivity contribution in [1.29, 1.82) is 0 Å². The molecule has 1 unspecified atom stereocenters. The minimum Gasteiger partial charge on any atom is -0.469 e. The van der Waals surface area contributed by atoms with Gasteiger partial charge in [0.2, 0.25) is 0 Å². The van der Waals surface area contributed by atoms with Crippen LogP contribution in [0.3, 0.4) is 0 Å². The van der Waals surface area contributed by atoms with E-state index < -0.39 is 0 Å². The number of likely N-dealkylation sites (tertiary alicyclic amines) is 1. The van der Waals surface area contributed by atoms with Gasteiger partial charge in [0.15, 0.2) is 0 Å². The van der Waals surface area contributed by atoms with Gasteiger partial charge in [0.25, 0.3) is 0 Å². The van der Waals surface area contributed by atoms with Gasteiger partial charge in [-0.1, -0.05) is 13.8 Å². The van der Waals surface area contributed by atoms with Crippen LogP contribution in [0.25, 0.3) is 0 Å². The van der Waals surface area contributed by atoms with Crippen LogP contribution >= 0.6 is 0 Å². The molecule has 3 heteroatoms. The van der Waals surface area contributed by atoms with Crippen molar-refractivity contribution in [3.05, 3.63) is 0 Å². The van der Waals surface area contributed by atoms with Gasteiger partial charge in [-0.3, -0.25) is 4.79 Å². The van der Waals surface area contributed by atoms with Crippen LogP contribution in [0, 0.1) is 17.8 Å². The number of rotatable bonds is 2. The highest BCUT2D eigenvalue weighted by atomic mass is 16.5. The Morgan fingerprint density at radius 2 is 2.07 bits per heavy atom. The van der Waals surface area contributed by atoms with Gasteiger partial charge in [-0.2, -0.15) is 0 Å². The van der Waals surface area contributed by atoms with E-state index in [2.05, 4.69) is 25.8 Å². The Bertz CT molecular complexity index is 203. The van der Waals surface area contributed by atoms with Crippen LogP contribution < -0.4 is 0 Å². The fourth-order valence-electron chi connectivity index (χ4n) is 2.19. The van der Waals surface area contributed by atoms with Gasteiger partial charge in [-0.25, -0.2) is 0 Å². The van der Waals surface area contributed by atoms with Crippen LogP contribution in [0.1, 0.15) is 20.3 Å². The number of carbonyl (C=O) groups is 1. The molecule has 1 saturated heterocycles. The van der Waals surface area contributed by atoms with Crippen LogP contribution in [-0.4, -0.2) is 38.1 Å². The predicted molar refractivity (Wildman–Crippen MR) is 55.9 cm³/mol. The lowest BCUT2D eigenvalue weighted by Crippen LogP contribution is -2.42. The standard InChI is InChI=1S/C11H21NO2/c1-8(2)9-5-10(11(13)14-4)7-12(3)6-9/h8-10H,5-7H2,1-4H3/t9?,10-/m1/s1. The zero-order valence-corrected chi connectivity index (χ0v) is 9.62. The van der Waals surface area contributed by atoms with E-state index in [4.69, 9.17) is 4.74 Å². The lowest BCUT2D eigenvalue weighted by atomic mass is 9.82. The van der Waals surface area contributed by atoms with Gasteiger partial charge in [0.05, 0.1) is 13.0 Å². The second-order valence-corrected chi connectivity index (χ2v) is 4.68. The van der Waals surface area contributed by atoms with Crippen molar-refractivity contribution in [2.45, 2.75) is 20.3 Å². The average Bonchev–Trinajstić information content (AvgIpc) is 2.15. The molecule has 0 radical (unpaired) electrons. The molecule has 1 heterocycles. The highest BCUT2D eigenvalue weighted by Gasteiger charge is 2.31. The first-order valence-corrected chi connectivity index (χ1v) is 5.31. The summed E-state index contributed by atoms with van der Waals surface area (Å²) in [6.45, 7) is 6.39. The van der Waals surface area contributed by atoms with Gasteiger partial charge in [0, 0.05) is 13.1 Å². The maximum absolute atomic E-state index is 11.4. The molecule has 1 fully saturated rings. The van der Waals surface area contributed by atoms with E-state index in [1.165, 1.54) is 7.11 Å². The van der Waals surface area contributed by atoms with Gasteiger partial charge < -0.3 is 9.64 Å². The Labute approximate surface area is 86.4 Å². The van der Waals surface area contributed by atoms with Gasteiger partial charge in [-0.15, -0.1) is 0 Å². The van der Waals surface area contributed by atoms with Gasteiger partial charge in [0.1, 0.15) is 0 Å². The van der Waals surface area contributed by atoms with Crippen LogP contribution in [0.4, 0.5) is 0 Å². The Morgan fingerprint density at radius 3 is 2.57 bits per heavy atom. The third kappa shape index (κ3) is 2.71. The molecule has 82 valence electrons. The molecule has 2 atom stereocenters. The summed E-state index contributed by atoms with van der Waals surface area (Å²) in [4.78, 5) is 13.7. The first kappa shape index (κ1) is 11.5. The van der Waals surface area contributed by atoms with Gasteiger partial charge >= 0.3 is 5.97 Å². The van der Waals surface area contributed by atoms with E-state index in [9.17, 15) is 4.79 Å². The molecule has 1 aliphatic heterocycles. The first-order valence-electron chi connectivity index (χ1n) is 5.31. The summed E-state index contributed by atoms with van der Waals surface area (Å²) < 4.78 is 4.80. The zero-order valence-electron chi connectivity index (χ0n) is 9.62. The zero-order chi connectivity index (χ0) is 10.7. The molecule has 0 aliphatic carbocycles. The molecular formula is C11H21NO2. The van der Waals surface area contributed by atoms with Crippen LogP contribution in [0.15, 0.2) is 0 Å². The number of methoxy groups -OCH3 is 1. The smallest absolute Gasteiger partial charge is 0.309 e. The molecular weight excluding hydrogens is 178 g/mol. The Kier molecular flexibility index (Phi) is 3.93. The summed E-state index contributed by atoms with van der Waals surface area (Å²) in [6.07, 6.45) is 0.981. The summed E-state index contributed by atoms with van der Waals surface area (Å²) >= 11 is 0. The number of esters is 1. The SMILES string of the molecule is COC(=O)[C@@H]1CC(C(C)C)CN(C)C1. The molecule has 0 saturated carbocycles. The fourth-order valence-corrected chi connectivity index (χ4v) is 2.19. The van der Waals surface area contributed by atoms with E-state index >= 15 is 0 Å². The van der Waals surface area contributed by atoms with Crippen molar-refractivity contribution in [3.63, 3.8) is 0 Å². The number of hydrogen-bond donors (Lipinski definition) is 0. The second kappa shape index (κ2) is 4.78.